The highest BCUT2D eigenvalue weighted by Gasteiger charge is 2.44. The minimum Gasteiger partial charge on any atom is -0.476 e. The van der Waals surface area contributed by atoms with Gasteiger partial charge in [0.05, 0.1) is 6.61 Å². The van der Waals surface area contributed by atoms with E-state index in [1.807, 2.05) is 32.0 Å². The molecule has 2 atom stereocenters. The van der Waals surface area contributed by atoms with Gasteiger partial charge in [-0.2, -0.15) is 0 Å². The lowest BCUT2D eigenvalue weighted by Gasteiger charge is -2.26. The number of benzene rings is 2. The van der Waals surface area contributed by atoms with E-state index in [1.54, 1.807) is 20.8 Å². The quantitative estimate of drug-likeness (QED) is 0.308. The molecule has 34 heavy (non-hydrogen) atoms. The summed E-state index contributed by atoms with van der Waals surface area (Å²) in [5.41, 5.74) is 1.10. The Morgan fingerprint density at radius 3 is 2.24 bits per heavy atom. The predicted molar refractivity (Wildman–Crippen MR) is 120 cm³/mol. The van der Waals surface area contributed by atoms with Gasteiger partial charge in [-0.15, -0.1) is 13.2 Å². The summed E-state index contributed by atoms with van der Waals surface area (Å²) in [7, 11) is 0. The van der Waals surface area contributed by atoms with Crippen LogP contribution in [0, 0.1) is 5.92 Å². The number of alkyl halides is 3. The van der Waals surface area contributed by atoms with Crippen molar-refractivity contribution >= 4 is 11.8 Å². The summed E-state index contributed by atoms with van der Waals surface area (Å²) >= 11 is 0. The van der Waals surface area contributed by atoms with Gasteiger partial charge in [-0.05, 0) is 80.5 Å². The van der Waals surface area contributed by atoms with Crippen LogP contribution in [-0.4, -0.2) is 30.3 Å². The highest BCUT2D eigenvalue weighted by atomic mass is 19.4. The van der Waals surface area contributed by atoms with Crippen molar-refractivity contribution in [3.05, 3.63) is 59.2 Å². The first-order valence-corrected chi connectivity index (χ1v) is 11.2. The van der Waals surface area contributed by atoms with Crippen LogP contribution in [0.5, 0.6) is 11.5 Å². The summed E-state index contributed by atoms with van der Waals surface area (Å²) in [6.07, 6.45) is -4.12. The zero-order chi connectivity index (χ0) is 25.3. The molecular weight excluding hydrogens is 449 g/mol. The zero-order valence-electron chi connectivity index (χ0n) is 19.9. The number of rotatable bonds is 9. The molecule has 1 aliphatic rings. The van der Waals surface area contributed by atoms with E-state index in [2.05, 4.69) is 4.74 Å². The SMILES string of the molecule is CCOC(=O)C(C)(C)Oc1ccc(C2CC2C(=O)c2ccc(OC(F)(F)F)cc2)cc1C(C)C. The average Bonchev–Trinajstić information content (AvgIpc) is 3.53. The Labute approximate surface area is 197 Å². The Kier molecular flexibility index (Phi) is 7.29. The highest BCUT2D eigenvalue weighted by Crippen LogP contribution is 2.50. The van der Waals surface area contributed by atoms with Crippen LogP contribution in [0.2, 0.25) is 0 Å². The van der Waals surface area contributed by atoms with Crippen LogP contribution in [0.15, 0.2) is 42.5 Å². The van der Waals surface area contributed by atoms with E-state index in [-0.39, 0.29) is 35.9 Å². The van der Waals surface area contributed by atoms with Gasteiger partial charge in [0, 0.05) is 11.5 Å². The summed E-state index contributed by atoms with van der Waals surface area (Å²) < 4.78 is 52.0. The zero-order valence-corrected chi connectivity index (χ0v) is 19.9. The summed E-state index contributed by atoms with van der Waals surface area (Å²) in [5, 5.41) is 0. The molecule has 2 aromatic carbocycles. The summed E-state index contributed by atoms with van der Waals surface area (Å²) in [5.74, 6) is -0.450. The van der Waals surface area contributed by atoms with Crippen molar-refractivity contribution in [2.24, 2.45) is 5.92 Å². The fourth-order valence-corrected chi connectivity index (χ4v) is 3.85. The highest BCUT2D eigenvalue weighted by molar-refractivity contribution is 6.00. The molecule has 2 aromatic rings. The Hall–Kier alpha value is -3.03. The van der Waals surface area contributed by atoms with Gasteiger partial charge in [0.25, 0.3) is 0 Å². The van der Waals surface area contributed by atoms with Crippen LogP contribution in [0.3, 0.4) is 0 Å². The van der Waals surface area contributed by atoms with Crippen LogP contribution in [-0.2, 0) is 9.53 Å². The Bertz CT molecular complexity index is 1040. The lowest BCUT2D eigenvalue weighted by molar-refractivity contribution is -0.274. The lowest BCUT2D eigenvalue weighted by Crippen LogP contribution is -2.40. The molecule has 1 aliphatic carbocycles. The van der Waals surface area contributed by atoms with Crippen molar-refractivity contribution < 1.29 is 37.0 Å². The molecule has 0 N–H and O–H groups in total. The maximum Gasteiger partial charge on any atom is 0.573 e. The number of Topliss-reactive ketones (excluding diaryl/α,β-unsaturated/α-hetero) is 1. The predicted octanol–water partition coefficient (Wildman–Crippen LogP) is 6.42. The van der Waals surface area contributed by atoms with Crippen molar-refractivity contribution in [2.75, 3.05) is 6.61 Å². The summed E-state index contributed by atoms with van der Waals surface area (Å²) in [4.78, 5) is 25.1. The molecule has 0 saturated heterocycles. The first kappa shape index (κ1) is 25.6. The van der Waals surface area contributed by atoms with E-state index in [9.17, 15) is 22.8 Å². The molecule has 3 rings (SSSR count). The number of hydrogen-bond acceptors (Lipinski definition) is 5. The molecule has 8 heteroatoms. The molecule has 1 fully saturated rings. The van der Waals surface area contributed by atoms with Crippen LogP contribution in [0.1, 0.15) is 74.4 Å². The number of carbonyl (C=O) groups is 2. The van der Waals surface area contributed by atoms with Gasteiger partial charge < -0.3 is 14.2 Å². The maximum absolute atomic E-state index is 12.9. The van der Waals surface area contributed by atoms with Gasteiger partial charge in [0.1, 0.15) is 11.5 Å². The maximum atomic E-state index is 12.9. The van der Waals surface area contributed by atoms with Crippen molar-refractivity contribution in [1.82, 2.24) is 0 Å². The number of hydrogen-bond donors (Lipinski definition) is 0. The molecule has 1 saturated carbocycles. The first-order chi connectivity index (χ1) is 15.8. The second-order valence-corrected chi connectivity index (χ2v) is 9.17. The molecule has 5 nitrogen and oxygen atoms in total. The monoisotopic (exact) mass is 478 g/mol. The molecule has 2 unspecified atom stereocenters. The van der Waals surface area contributed by atoms with Crippen LogP contribution in [0.25, 0.3) is 0 Å². The minimum atomic E-state index is -4.78. The van der Waals surface area contributed by atoms with E-state index < -0.39 is 17.9 Å². The number of carbonyl (C=O) groups excluding carboxylic acids is 2. The fourth-order valence-electron chi connectivity index (χ4n) is 3.85. The molecule has 0 amide bonds. The Balaban J connectivity index is 1.73. The fraction of sp³-hybridized carbons (Fsp3) is 0.462. The topological polar surface area (TPSA) is 61.8 Å². The second-order valence-electron chi connectivity index (χ2n) is 9.17. The second kappa shape index (κ2) is 9.68. The number of ketones is 1. The van der Waals surface area contributed by atoms with E-state index >= 15 is 0 Å². The van der Waals surface area contributed by atoms with Gasteiger partial charge in [0.2, 0.25) is 0 Å². The van der Waals surface area contributed by atoms with Gasteiger partial charge in [-0.25, -0.2) is 4.79 Å². The molecule has 0 bridgehead atoms. The normalized spacial score (nSPS) is 17.9. The molecule has 0 heterocycles. The van der Waals surface area contributed by atoms with Gasteiger partial charge in [-0.3, -0.25) is 4.79 Å². The van der Waals surface area contributed by atoms with Crippen molar-refractivity contribution in [3.63, 3.8) is 0 Å². The van der Waals surface area contributed by atoms with Crippen LogP contribution >= 0.6 is 0 Å². The van der Waals surface area contributed by atoms with Crippen molar-refractivity contribution in [1.29, 1.82) is 0 Å². The van der Waals surface area contributed by atoms with E-state index in [4.69, 9.17) is 9.47 Å². The largest absolute Gasteiger partial charge is 0.573 e. The Morgan fingerprint density at radius 1 is 1.03 bits per heavy atom. The first-order valence-electron chi connectivity index (χ1n) is 11.2. The van der Waals surface area contributed by atoms with Crippen LogP contribution in [0.4, 0.5) is 13.2 Å². The van der Waals surface area contributed by atoms with Gasteiger partial charge >= 0.3 is 12.3 Å². The van der Waals surface area contributed by atoms with Gasteiger partial charge in [0.15, 0.2) is 11.4 Å². The van der Waals surface area contributed by atoms with Crippen LogP contribution < -0.4 is 9.47 Å². The lowest BCUT2D eigenvalue weighted by atomic mass is 9.96. The number of ether oxygens (including phenoxy) is 3. The van der Waals surface area contributed by atoms with E-state index in [0.29, 0.717) is 17.7 Å². The average molecular weight is 479 g/mol. The molecule has 0 aromatic heterocycles. The third-order valence-electron chi connectivity index (χ3n) is 5.72. The Morgan fingerprint density at radius 2 is 1.68 bits per heavy atom. The standard InChI is InChI=1S/C26H29F3O5/c1-6-32-24(31)25(4,5)34-22-12-9-17(13-19(22)15(2)3)20-14-21(20)23(30)16-7-10-18(11-8-16)33-26(27,28)29/h7-13,15,20-21H,6,14H2,1-5H3. The molecule has 0 aliphatic heterocycles. The van der Waals surface area contributed by atoms with Gasteiger partial charge in [-0.1, -0.05) is 26.0 Å². The molecular formula is C26H29F3O5. The number of halogens is 3. The molecule has 0 radical (unpaired) electrons. The summed E-state index contributed by atoms with van der Waals surface area (Å²) in [6.45, 7) is 9.34. The third-order valence-corrected chi connectivity index (χ3v) is 5.72. The minimum absolute atomic E-state index is 0.0169. The molecule has 184 valence electrons. The number of esters is 1. The van der Waals surface area contributed by atoms with Crippen molar-refractivity contribution in [2.45, 2.75) is 64.8 Å². The van der Waals surface area contributed by atoms with E-state index in [1.165, 1.54) is 12.1 Å². The van der Waals surface area contributed by atoms with E-state index in [0.717, 1.165) is 23.3 Å². The smallest absolute Gasteiger partial charge is 0.476 e. The third kappa shape index (κ3) is 6.10. The summed E-state index contributed by atoms with van der Waals surface area (Å²) in [6, 6.07) is 10.7. The van der Waals surface area contributed by atoms with Crippen molar-refractivity contribution in [3.8, 4) is 11.5 Å². The molecule has 0 spiro atoms.